The Kier molecular flexibility index (Phi) is 2.91. The number of rotatable bonds is 1. The molecule has 0 saturated heterocycles. The van der Waals surface area contributed by atoms with Crippen molar-refractivity contribution in [3.8, 4) is 17.3 Å². The molecule has 90 valence electrons. The number of hydrogen-bond acceptors (Lipinski definition) is 2. The minimum atomic E-state index is 0.244. The zero-order valence-electron chi connectivity index (χ0n) is 9.97. The van der Waals surface area contributed by atoms with Gasteiger partial charge in [-0.2, -0.15) is 5.26 Å². The third-order valence-corrected chi connectivity index (χ3v) is 3.30. The summed E-state index contributed by atoms with van der Waals surface area (Å²) in [6, 6.07) is 19.8. The number of nitriles is 1. The van der Waals surface area contributed by atoms with Crippen molar-refractivity contribution in [3.05, 3.63) is 65.3 Å². The maximum absolute atomic E-state index is 8.85. The van der Waals surface area contributed by atoms with E-state index in [1.54, 1.807) is 6.07 Å². The first-order valence-electron chi connectivity index (χ1n) is 5.84. The standard InChI is InChI=1S/C16H9ClN2/c17-16-14(10-18)7-8-15(19-16)13-6-5-11-3-1-2-4-12(11)9-13/h1-9H. The molecule has 3 heteroatoms. The van der Waals surface area contributed by atoms with E-state index in [2.05, 4.69) is 29.2 Å². The quantitative estimate of drug-likeness (QED) is 0.610. The van der Waals surface area contributed by atoms with E-state index in [9.17, 15) is 0 Å². The number of fused-ring (bicyclic) bond motifs is 1. The van der Waals surface area contributed by atoms with Gasteiger partial charge in [0.15, 0.2) is 0 Å². The van der Waals surface area contributed by atoms with Crippen molar-refractivity contribution >= 4 is 22.4 Å². The Hall–Kier alpha value is -2.37. The maximum Gasteiger partial charge on any atom is 0.147 e. The average molecular weight is 265 g/mol. The van der Waals surface area contributed by atoms with Crippen molar-refractivity contribution < 1.29 is 0 Å². The minimum Gasteiger partial charge on any atom is -0.235 e. The molecule has 2 aromatic carbocycles. The molecule has 3 aromatic rings. The highest BCUT2D eigenvalue weighted by atomic mass is 35.5. The molecular weight excluding hydrogens is 256 g/mol. The molecule has 0 atom stereocenters. The van der Waals surface area contributed by atoms with Gasteiger partial charge < -0.3 is 0 Å². The highest BCUT2D eigenvalue weighted by Gasteiger charge is 2.05. The largest absolute Gasteiger partial charge is 0.235 e. The summed E-state index contributed by atoms with van der Waals surface area (Å²) in [4.78, 5) is 4.26. The number of hydrogen-bond donors (Lipinski definition) is 0. The molecule has 0 unspecified atom stereocenters. The van der Waals surface area contributed by atoms with Gasteiger partial charge in [0, 0.05) is 5.56 Å². The number of pyridine rings is 1. The summed E-state index contributed by atoms with van der Waals surface area (Å²) in [6.45, 7) is 0. The van der Waals surface area contributed by atoms with E-state index in [-0.39, 0.29) is 5.15 Å². The van der Waals surface area contributed by atoms with Crippen LogP contribution < -0.4 is 0 Å². The number of nitrogens with zero attached hydrogens (tertiary/aromatic N) is 2. The molecular formula is C16H9ClN2. The summed E-state index contributed by atoms with van der Waals surface area (Å²) >= 11 is 5.96. The topological polar surface area (TPSA) is 36.7 Å². The van der Waals surface area contributed by atoms with E-state index < -0.39 is 0 Å². The van der Waals surface area contributed by atoms with Crippen LogP contribution in [-0.2, 0) is 0 Å². The third kappa shape index (κ3) is 2.16. The van der Waals surface area contributed by atoms with Crippen LogP contribution in [0.1, 0.15) is 5.56 Å². The van der Waals surface area contributed by atoms with Gasteiger partial charge in [0.25, 0.3) is 0 Å². The number of aromatic nitrogens is 1. The second-order valence-electron chi connectivity index (χ2n) is 4.21. The number of halogens is 1. The smallest absolute Gasteiger partial charge is 0.147 e. The third-order valence-electron chi connectivity index (χ3n) is 3.01. The Morgan fingerprint density at radius 3 is 2.47 bits per heavy atom. The minimum absolute atomic E-state index is 0.244. The second-order valence-corrected chi connectivity index (χ2v) is 4.57. The SMILES string of the molecule is N#Cc1ccc(-c2ccc3ccccc3c2)nc1Cl. The molecule has 1 aromatic heterocycles. The highest BCUT2D eigenvalue weighted by molar-refractivity contribution is 6.30. The predicted molar refractivity (Wildman–Crippen MR) is 76.9 cm³/mol. The van der Waals surface area contributed by atoms with Crippen LogP contribution in [0.4, 0.5) is 0 Å². The van der Waals surface area contributed by atoms with E-state index in [0.717, 1.165) is 16.6 Å². The van der Waals surface area contributed by atoms with Crippen molar-refractivity contribution in [3.63, 3.8) is 0 Å². The molecule has 1 heterocycles. The first kappa shape index (κ1) is 11.7. The predicted octanol–water partition coefficient (Wildman–Crippen LogP) is 4.43. The summed E-state index contributed by atoms with van der Waals surface area (Å²) in [5.41, 5.74) is 2.16. The fraction of sp³-hybridized carbons (Fsp3) is 0. The Morgan fingerprint density at radius 1 is 0.947 bits per heavy atom. The molecule has 19 heavy (non-hydrogen) atoms. The molecule has 2 nitrogen and oxygen atoms in total. The highest BCUT2D eigenvalue weighted by Crippen LogP contribution is 2.25. The molecule has 0 aliphatic carbocycles. The zero-order valence-corrected chi connectivity index (χ0v) is 10.7. The van der Waals surface area contributed by atoms with Gasteiger partial charge in [-0.15, -0.1) is 0 Å². The molecule has 3 rings (SSSR count). The van der Waals surface area contributed by atoms with Gasteiger partial charge in [-0.25, -0.2) is 4.98 Å². The fourth-order valence-corrected chi connectivity index (χ4v) is 2.22. The first-order chi connectivity index (χ1) is 9.28. The van der Waals surface area contributed by atoms with E-state index in [1.165, 1.54) is 5.39 Å². The van der Waals surface area contributed by atoms with E-state index in [0.29, 0.717) is 5.56 Å². The summed E-state index contributed by atoms with van der Waals surface area (Å²) in [6.07, 6.45) is 0. The van der Waals surface area contributed by atoms with Crippen molar-refractivity contribution in [2.45, 2.75) is 0 Å². The molecule has 0 aliphatic heterocycles. The Morgan fingerprint density at radius 2 is 1.74 bits per heavy atom. The summed E-state index contributed by atoms with van der Waals surface area (Å²) in [7, 11) is 0. The molecule has 0 fully saturated rings. The van der Waals surface area contributed by atoms with Crippen molar-refractivity contribution in [1.29, 1.82) is 5.26 Å². The van der Waals surface area contributed by atoms with Crippen LogP contribution >= 0.6 is 11.6 Å². The Bertz CT molecular complexity index is 803. The van der Waals surface area contributed by atoms with Gasteiger partial charge in [0.05, 0.1) is 11.3 Å². The lowest BCUT2D eigenvalue weighted by Gasteiger charge is -2.04. The normalized spacial score (nSPS) is 10.3. The van der Waals surface area contributed by atoms with Crippen LogP contribution in [0, 0.1) is 11.3 Å². The fourth-order valence-electron chi connectivity index (χ4n) is 2.03. The molecule has 0 amide bonds. The van der Waals surface area contributed by atoms with Crippen LogP contribution in [0.15, 0.2) is 54.6 Å². The Balaban J connectivity index is 2.14. The van der Waals surface area contributed by atoms with Gasteiger partial charge in [-0.1, -0.05) is 48.0 Å². The van der Waals surface area contributed by atoms with Gasteiger partial charge >= 0.3 is 0 Å². The van der Waals surface area contributed by atoms with E-state index in [4.69, 9.17) is 16.9 Å². The summed E-state index contributed by atoms with van der Waals surface area (Å²) in [5.74, 6) is 0. The molecule has 0 spiro atoms. The van der Waals surface area contributed by atoms with E-state index in [1.807, 2.05) is 30.3 Å². The van der Waals surface area contributed by atoms with Crippen molar-refractivity contribution in [2.75, 3.05) is 0 Å². The summed E-state index contributed by atoms with van der Waals surface area (Å²) in [5, 5.41) is 11.4. The van der Waals surface area contributed by atoms with Crippen LogP contribution in [0.2, 0.25) is 5.15 Å². The van der Waals surface area contributed by atoms with Gasteiger partial charge in [0.1, 0.15) is 11.2 Å². The van der Waals surface area contributed by atoms with Crippen molar-refractivity contribution in [2.24, 2.45) is 0 Å². The maximum atomic E-state index is 8.85. The number of benzene rings is 2. The van der Waals surface area contributed by atoms with Crippen molar-refractivity contribution in [1.82, 2.24) is 4.98 Å². The Labute approximate surface area is 115 Å². The molecule has 0 radical (unpaired) electrons. The molecule has 0 N–H and O–H groups in total. The van der Waals surface area contributed by atoms with Crippen LogP contribution in [-0.4, -0.2) is 4.98 Å². The van der Waals surface area contributed by atoms with Crippen LogP contribution in [0.5, 0.6) is 0 Å². The van der Waals surface area contributed by atoms with E-state index >= 15 is 0 Å². The molecule has 0 bridgehead atoms. The van der Waals surface area contributed by atoms with Crippen LogP contribution in [0.25, 0.3) is 22.0 Å². The zero-order chi connectivity index (χ0) is 13.2. The lowest BCUT2D eigenvalue weighted by Crippen LogP contribution is -1.87. The van der Waals surface area contributed by atoms with Gasteiger partial charge in [0.2, 0.25) is 0 Å². The molecule has 0 saturated carbocycles. The first-order valence-corrected chi connectivity index (χ1v) is 6.21. The van der Waals surface area contributed by atoms with Gasteiger partial charge in [-0.05, 0) is 29.0 Å². The second kappa shape index (κ2) is 4.72. The monoisotopic (exact) mass is 264 g/mol. The van der Waals surface area contributed by atoms with Gasteiger partial charge in [-0.3, -0.25) is 0 Å². The van der Waals surface area contributed by atoms with Crippen LogP contribution in [0.3, 0.4) is 0 Å². The summed E-state index contributed by atoms with van der Waals surface area (Å²) < 4.78 is 0. The lowest BCUT2D eigenvalue weighted by atomic mass is 10.0. The molecule has 0 aliphatic rings. The average Bonchev–Trinajstić information content (AvgIpc) is 2.46. The lowest BCUT2D eigenvalue weighted by molar-refractivity contribution is 1.30.